The van der Waals surface area contributed by atoms with Crippen molar-refractivity contribution in [3.05, 3.63) is 35.4 Å². The smallest absolute Gasteiger partial charge is 0.233 e. The number of benzene rings is 2. The van der Waals surface area contributed by atoms with Crippen molar-refractivity contribution in [2.24, 2.45) is 0 Å². The normalized spacial score (nSPS) is 24.4. The standard InChI is InChI=1S/C24H26O13/c1-31-12-4-11(7-15-22(12)35-9-34-15)18(27)17(26)10-5-13(32-2)23(14(6-10)33-3)37-24-21(30)20(29)19(28)16(8-25)36-24/h4-7,16,19-21,24-25,28-30H,8-9H2,1-3H3/t16-,19-,20+,21-,24+/m1/s1. The van der Waals surface area contributed by atoms with Crippen LogP contribution in [0.5, 0.6) is 34.5 Å². The third-order valence-electron chi connectivity index (χ3n) is 5.93. The summed E-state index contributed by atoms with van der Waals surface area (Å²) in [6.07, 6.45) is -7.70. The Bertz CT molecular complexity index is 1150. The maximum absolute atomic E-state index is 13.1. The zero-order valence-electron chi connectivity index (χ0n) is 20.1. The van der Waals surface area contributed by atoms with E-state index in [0.29, 0.717) is 5.75 Å². The fourth-order valence-electron chi connectivity index (χ4n) is 3.93. The summed E-state index contributed by atoms with van der Waals surface area (Å²) in [4.78, 5) is 26.2. The molecular weight excluding hydrogens is 496 g/mol. The van der Waals surface area contributed by atoms with Crippen LogP contribution in [0.15, 0.2) is 24.3 Å². The lowest BCUT2D eigenvalue weighted by atomic mass is 9.99. The van der Waals surface area contributed by atoms with Crippen molar-refractivity contribution in [3.63, 3.8) is 0 Å². The van der Waals surface area contributed by atoms with E-state index in [2.05, 4.69) is 0 Å². The summed E-state index contributed by atoms with van der Waals surface area (Å²) >= 11 is 0. The molecule has 2 aliphatic rings. The van der Waals surface area contributed by atoms with E-state index in [1.165, 1.54) is 45.6 Å². The van der Waals surface area contributed by atoms with Gasteiger partial charge in [-0.05, 0) is 24.3 Å². The predicted octanol–water partition coefficient (Wildman–Crippen LogP) is -0.315. The van der Waals surface area contributed by atoms with Gasteiger partial charge in [-0.2, -0.15) is 0 Å². The van der Waals surface area contributed by atoms with Gasteiger partial charge in [-0.3, -0.25) is 9.59 Å². The molecule has 4 rings (SSSR count). The number of rotatable bonds is 9. The lowest BCUT2D eigenvalue weighted by Gasteiger charge is -2.39. The minimum atomic E-state index is -1.70. The van der Waals surface area contributed by atoms with Crippen LogP contribution in [0.4, 0.5) is 0 Å². The molecule has 2 aromatic carbocycles. The van der Waals surface area contributed by atoms with Gasteiger partial charge in [0.15, 0.2) is 23.0 Å². The first-order valence-corrected chi connectivity index (χ1v) is 11.0. The van der Waals surface area contributed by atoms with E-state index in [1.807, 2.05) is 0 Å². The number of aliphatic hydroxyl groups excluding tert-OH is 4. The van der Waals surface area contributed by atoms with E-state index < -0.39 is 48.9 Å². The van der Waals surface area contributed by atoms with Gasteiger partial charge in [-0.1, -0.05) is 0 Å². The van der Waals surface area contributed by atoms with Crippen LogP contribution in [0.3, 0.4) is 0 Å². The van der Waals surface area contributed by atoms with E-state index in [4.69, 9.17) is 33.2 Å². The maximum atomic E-state index is 13.1. The third-order valence-corrected chi connectivity index (χ3v) is 5.93. The van der Waals surface area contributed by atoms with Gasteiger partial charge in [0.25, 0.3) is 0 Å². The van der Waals surface area contributed by atoms with Crippen LogP contribution < -0.4 is 28.4 Å². The van der Waals surface area contributed by atoms with E-state index in [9.17, 15) is 30.0 Å². The molecule has 13 heteroatoms. The Morgan fingerprint density at radius 3 is 1.97 bits per heavy atom. The van der Waals surface area contributed by atoms with Crippen molar-refractivity contribution < 1.29 is 63.2 Å². The highest BCUT2D eigenvalue weighted by Gasteiger charge is 2.45. The Kier molecular flexibility index (Phi) is 7.71. The predicted molar refractivity (Wildman–Crippen MR) is 122 cm³/mol. The summed E-state index contributed by atoms with van der Waals surface area (Å²) in [5, 5.41) is 39.7. The average molecular weight is 522 g/mol. The molecule has 2 aliphatic heterocycles. The first-order chi connectivity index (χ1) is 17.7. The monoisotopic (exact) mass is 522 g/mol. The van der Waals surface area contributed by atoms with Crippen LogP contribution >= 0.6 is 0 Å². The Hall–Kier alpha value is -3.62. The van der Waals surface area contributed by atoms with Crippen LogP contribution in [-0.2, 0) is 4.74 Å². The van der Waals surface area contributed by atoms with E-state index >= 15 is 0 Å². The van der Waals surface area contributed by atoms with E-state index in [0.717, 1.165) is 0 Å². The first-order valence-electron chi connectivity index (χ1n) is 11.0. The number of hydrogen-bond donors (Lipinski definition) is 4. The number of ether oxygens (including phenoxy) is 7. The summed E-state index contributed by atoms with van der Waals surface area (Å²) in [5.41, 5.74) is -0.0952. The highest BCUT2D eigenvalue weighted by Crippen LogP contribution is 2.43. The minimum absolute atomic E-state index is 0.00526. The summed E-state index contributed by atoms with van der Waals surface area (Å²) < 4.78 is 37.5. The molecule has 0 amide bonds. The average Bonchev–Trinajstić information content (AvgIpc) is 3.40. The Balaban J connectivity index is 1.64. The first kappa shape index (κ1) is 26.4. The third kappa shape index (κ3) is 4.86. The Morgan fingerprint density at radius 1 is 0.838 bits per heavy atom. The molecule has 1 fully saturated rings. The van der Waals surface area contributed by atoms with Crippen LogP contribution in [0.2, 0.25) is 0 Å². The molecule has 0 aliphatic carbocycles. The lowest BCUT2D eigenvalue weighted by molar-refractivity contribution is -0.277. The zero-order chi connectivity index (χ0) is 26.9. The number of hydrogen-bond acceptors (Lipinski definition) is 13. The minimum Gasteiger partial charge on any atom is -0.493 e. The quantitative estimate of drug-likeness (QED) is 0.249. The molecule has 13 nitrogen and oxygen atoms in total. The lowest BCUT2D eigenvalue weighted by Crippen LogP contribution is -2.60. The second kappa shape index (κ2) is 10.8. The molecule has 0 spiro atoms. The molecule has 0 saturated carbocycles. The topological polar surface area (TPSA) is 180 Å². The zero-order valence-corrected chi connectivity index (χ0v) is 20.1. The Morgan fingerprint density at radius 2 is 1.41 bits per heavy atom. The molecule has 200 valence electrons. The fraction of sp³-hybridized carbons (Fsp3) is 0.417. The molecule has 4 N–H and O–H groups in total. The van der Waals surface area contributed by atoms with Crippen LogP contribution in [0, 0.1) is 0 Å². The van der Waals surface area contributed by atoms with Crippen molar-refractivity contribution in [1.29, 1.82) is 0 Å². The highest BCUT2D eigenvalue weighted by atomic mass is 16.7. The summed E-state index contributed by atoms with van der Waals surface area (Å²) in [6, 6.07) is 5.19. The number of aliphatic hydroxyl groups is 4. The number of methoxy groups -OCH3 is 3. The number of carbonyl (C=O) groups is 2. The summed E-state index contributed by atoms with van der Waals surface area (Å²) in [7, 11) is 3.93. The molecule has 0 unspecified atom stereocenters. The van der Waals surface area contributed by atoms with Crippen molar-refractivity contribution in [1.82, 2.24) is 0 Å². The molecule has 2 heterocycles. The van der Waals surface area contributed by atoms with E-state index in [-0.39, 0.29) is 46.7 Å². The van der Waals surface area contributed by atoms with Crippen molar-refractivity contribution >= 4 is 11.6 Å². The van der Waals surface area contributed by atoms with Crippen molar-refractivity contribution in [2.75, 3.05) is 34.7 Å². The van der Waals surface area contributed by atoms with Crippen LogP contribution in [0.25, 0.3) is 0 Å². The van der Waals surface area contributed by atoms with Crippen molar-refractivity contribution in [3.8, 4) is 34.5 Å². The van der Waals surface area contributed by atoms with Gasteiger partial charge in [0, 0.05) is 11.1 Å². The molecule has 0 aromatic heterocycles. The SMILES string of the molecule is COc1cc(C(=O)C(=O)c2cc(OC)c(O[C@@H]3O[C@H](CO)[C@@H](O)[C@H](O)[C@H]3O)c(OC)c2)cc2c1OCO2. The number of carbonyl (C=O) groups excluding carboxylic acids is 2. The molecule has 1 saturated heterocycles. The molecule has 5 atom stereocenters. The van der Waals surface area contributed by atoms with Gasteiger partial charge in [-0.25, -0.2) is 0 Å². The van der Waals surface area contributed by atoms with Gasteiger partial charge >= 0.3 is 0 Å². The highest BCUT2D eigenvalue weighted by molar-refractivity contribution is 6.49. The number of fused-ring (bicyclic) bond motifs is 1. The van der Waals surface area contributed by atoms with Gasteiger partial charge in [0.1, 0.15) is 24.4 Å². The fourth-order valence-corrected chi connectivity index (χ4v) is 3.93. The number of ketones is 2. The molecular formula is C24H26O13. The molecule has 0 bridgehead atoms. The van der Waals surface area contributed by atoms with Gasteiger partial charge in [0.2, 0.25) is 36.1 Å². The maximum Gasteiger partial charge on any atom is 0.233 e. The van der Waals surface area contributed by atoms with Gasteiger partial charge in [0.05, 0.1) is 27.9 Å². The van der Waals surface area contributed by atoms with Gasteiger partial charge < -0.3 is 53.6 Å². The molecule has 0 radical (unpaired) electrons. The summed E-state index contributed by atoms with van der Waals surface area (Å²) in [5.74, 6) is -1.21. The largest absolute Gasteiger partial charge is 0.493 e. The molecule has 37 heavy (non-hydrogen) atoms. The Labute approximate surface area is 210 Å². The van der Waals surface area contributed by atoms with Crippen LogP contribution in [0.1, 0.15) is 20.7 Å². The number of Topliss-reactive ketones (excluding diaryl/α,β-unsaturated/α-hetero) is 2. The van der Waals surface area contributed by atoms with Gasteiger partial charge in [-0.15, -0.1) is 0 Å². The summed E-state index contributed by atoms with van der Waals surface area (Å²) in [6.45, 7) is -0.707. The van der Waals surface area contributed by atoms with Crippen LogP contribution in [-0.4, -0.2) is 97.4 Å². The second-order valence-corrected chi connectivity index (χ2v) is 8.10. The second-order valence-electron chi connectivity index (χ2n) is 8.10. The molecule has 2 aromatic rings. The van der Waals surface area contributed by atoms with E-state index in [1.54, 1.807) is 0 Å². The van der Waals surface area contributed by atoms with Crippen molar-refractivity contribution in [2.45, 2.75) is 30.7 Å².